The van der Waals surface area contributed by atoms with E-state index in [-0.39, 0.29) is 0 Å². The van der Waals surface area contributed by atoms with E-state index in [2.05, 4.69) is 19.9 Å². The van der Waals surface area contributed by atoms with Crippen molar-refractivity contribution >= 4 is 0 Å². The van der Waals surface area contributed by atoms with Crippen molar-refractivity contribution in [2.24, 2.45) is 5.73 Å². The molecule has 0 aliphatic rings. The van der Waals surface area contributed by atoms with Crippen molar-refractivity contribution in [2.75, 3.05) is 6.54 Å². The molecule has 0 amide bonds. The second-order valence-corrected chi connectivity index (χ2v) is 4.67. The molecule has 100 valence electrons. The number of nitrogens with zero attached hydrogens (tertiary/aromatic N) is 4. The monoisotopic (exact) mass is 257 g/mol. The Morgan fingerprint density at radius 2 is 1.53 bits per heavy atom. The lowest BCUT2D eigenvalue weighted by atomic mass is 10.1. The van der Waals surface area contributed by atoms with Crippen molar-refractivity contribution in [1.29, 1.82) is 0 Å². The van der Waals surface area contributed by atoms with Crippen molar-refractivity contribution in [3.63, 3.8) is 0 Å². The van der Waals surface area contributed by atoms with Gasteiger partial charge in [-0.05, 0) is 51.3 Å². The molecule has 2 rings (SSSR count). The molecule has 2 aromatic heterocycles. The quantitative estimate of drug-likeness (QED) is 0.902. The summed E-state index contributed by atoms with van der Waals surface area (Å²) >= 11 is 0. The average molecular weight is 257 g/mol. The van der Waals surface area contributed by atoms with Crippen LogP contribution in [0.4, 0.5) is 0 Å². The first-order chi connectivity index (χ1) is 9.11. The van der Waals surface area contributed by atoms with Crippen LogP contribution in [0.25, 0.3) is 11.6 Å². The fraction of sp³-hybridized carbons (Fsp3) is 0.429. The highest BCUT2D eigenvalue weighted by Gasteiger charge is 2.11. The zero-order valence-electron chi connectivity index (χ0n) is 11.6. The number of rotatable bonds is 4. The zero-order valence-corrected chi connectivity index (χ0v) is 11.6. The first-order valence-electron chi connectivity index (χ1n) is 6.45. The van der Waals surface area contributed by atoms with Gasteiger partial charge in [0.15, 0.2) is 11.6 Å². The fourth-order valence-corrected chi connectivity index (χ4v) is 1.99. The topological polar surface area (TPSA) is 77.6 Å². The number of aryl methyl sites for hydroxylation is 3. The number of hydrogen-bond acceptors (Lipinski definition) is 5. The van der Waals surface area contributed by atoms with Gasteiger partial charge in [-0.3, -0.25) is 0 Å². The molecule has 0 fully saturated rings. The molecule has 0 saturated carbocycles. The normalized spacial score (nSPS) is 10.7. The van der Waals surface area contributed by atoms with Gasteiger partial charge >= 0.3 is 0 Å². The molecule has 5 heteroatoms. The van der Waals surface area contributed by atoms with E-state index in [4.69, 9.17) is 5.73 Å². The highest BCUT2D eigenvalue weighted by molar-refractivity contribution is 5.45. The predicted molar refractivity (Wildman–Crippen MR) is 74.6 cm³/mol. The molecule has 0 spiro atoms. The average Bonchev–Trinajstić information content (AvgIpc) is 2.38. The van der Waals surface area contributed by atoms with E-state index in [1.54, 1.807) is 12.4 Å². The van der Waals surface area contributed by atoms with Gasteiger partial charge in [-0.15, -0.1) is 0 Å². The molecule has 0 aliphatic carbocycles. The molecule has 19 heavy (non-hydrogen) atoms. The zero-order chi connectivity index (χ0) is 13.8. The lowest BCUT2D eigenvalue weighted by Gasteiger charge is -2.09. The summed E-state index contributed by atoms with van der Waals surface area (Å²) in [5, 5.41) is 0. The van der Waals surface area contributed by atoms with E-state index >= 15 is 0 Å². The molecule has 0 aromatic carbocycles. The Kier molecular flexibility index (Phi) is 4.16. The highest BCUT2D eigenvalue weighted by atomic mass is 15.0. The molecule has 0 bridgehead atoms. The van der Waals surface area contributed by atoms with Crippen LogP contribution >= 0.6 is 0 Å². The van der Waals surface area contributed by atoms with E-state index < -0.39 is 0 Å². The summed E-state index contributed by atoms with van der Waals surface area (Å²) in [4.78, 5) is 17.6. The van der Waals surface area contributed by atoms with Crippen LogP contribution in [-0.4, -0.2) is 26.5 Å². The lowest BCUT2D eigenvalue weighted by Crippen LogP contribution is -2.07. The third kappa shape index (κ3) is 3.12. The molecule has 0 atom stereocenters. The molecule has 0 unspecified atom stereocenters. The predicted octanol–water partition coefficient (Wildman–Crippen LogP) is 1.75. The van der Waals surface area contributed by atoms with E-state index in [1.165, 1.54) is 5.56 Å². The van der Waals surface area contributed by atoms with Crippen molar-refractivity contribution in [3.05, 3.63) is 34.9 Å². The number of hydrogen-bond donors (Lipinski definition) is 1. The first-order valence-corrected chi connectivity index (χ1v) is 6.45. The summed E-state index contributed by atoms with van der Waals surface area (Å²) in [6, 6.07) is 0. The lowest BCUT2D eigenvalue weighted by molar-refractivity contribution is 0.804. The van der Waals surface area contributed by atoms with Crippen LogP contribution in [0.2, 0.25) is 0 Å². The number of aromatic nitrogens is 4. The standard InChI is InChI=1S/C14H19N5/c1-9-7-16-13(17-8-9)14-18-10(2)12(5-4-6-15)11(3)19-14/h7-8H,4-6,15H2,1-3H3. The summed E-state index contributed by atoms with van der Waals surface area (Å²) in [5.41, 5.74) is 9.73. The molecule has 0 aliphatic heterocycles. The van der Waals surface area contributed by atoms with Crippen LogP contribution in [0.15, 0.2) is 12.4 Å². The van der Waals surface area contributed by atoms with E-state index in [0.29, 0.717) is 18.2 Å². The van der Waals surface area contributed by atoms with Gasteiger partial charge in [-0.2, -0.15) is 0 Å². The van der Waals surface area contributed by atoms with Gasteiger partial charge in [0.1, 0.15) is 0 Å². The third-order valence-electron chi connectivity index (χ3n) is 3.03. The Hall–Kier alpha value is -1.88. The van der Waals surface area contributed by atoms with Crippen molar-refractivity contribution in [2.45, 2.75) is 33.6 Å². The summed E-state index contributed by atoms with van der Waals surface area (Å²) in [6.07, 6.45) is 5.42. The summed E-state index contributed by atoms with van der Waals surface area (Å²) in [6.45, 7) is 6.63. The van der Waals surface area contributed by atoms with Gasteiger partial charge in [0.25, 0.3) is 0 Å². The molecule has 0 saturated heterocycles. The van der Waals surface area contributed by atoms with Gasteiger partial charge in [-0.25, -0.2) is 19.9 Å². The molecule has 2 aromatic rings. The smallest absolute Gasteiger partial charge is 0.198 e. The molecule has 2 heterocycles. The summed E-state index contributed by atoms with van der Waals surface area (Å²) in [7, 11) is 0. The minimum atomic E-state index is 0.571. The first kappa shape index (κ1) is 13.5. The van der Waals surface area contributed by atoms with Crippen LogP contribution in [0.1, 0.15) is 28.9 Å². The number of nitrogens with two attached hydrogens (primary N) is 1. The minimum absolute atomic E-state index is 0.571. The highest BCUT2D eigenvalue weighted by Crippen LogP contribution is 2.16. The van der Waals surface area contributed by atoms with Crippen LogP contribution < -0.4 is 5.73 Å². The van der Waals surface area contributed by atoms with Gasteiger partial charge in [0, 0.05) is 23.8 Å². The molecule has 2 N–H and O–H groups in total. The van der Waals surface area contributed by atoms with Gasteiger partial charge in [0.05, 0.1) is 0 Å². The molecule has 5 nitrogen and oxygen atoms in total. The Labute approximate surface area is 113 Å². The second kappa shape index (κ2) is 5.84. The largest absolute Gasteiger partial charge is 0.330 e. The Morgan fingerprint density at radius 1 is 0.947 bits per heavy atom. The Bertz CT molecular complexity index is 540. The second-order valence-electron chi connectivity index (χ2n) is 4.67. The fourth-order valence-electron chi connectivity index (χ4n) is 1.99. The van der Waals surface area contributed by atoms with Gasteiger partial charge in [-0.1, -0.05) is 0 Å². The van der Waals surface area contributed by atoms with E-state index in [1.807, 2.05) is 20.8 Å². The summed E-state index contributed by atoms with van der Waals surface area (Å²) in [5.74, 6) is 1.16. The maximum Gasteiger partial charge on any atom is 0.198 e. The van der Waals surface area contributed by atoms with Crippen LogP contribution in [0, 0.1) is 20.8 Å². The minimum Gasteiger partial charge on any atom is -0.330 e. The summed E-state index contributed by atoms with van der Waals surface area (Å²) < 4.78 is 0. The SMILES string of the molecule is Cc1cnc(-c2nc(C)c(CCCN)c(C)n2)nc1. The molecule has 0 radical (unpaired) electrons. The third-order valence-corrected chi connectivity index (χ3v) is 3.03. The van der Waals surface area contributed by atoms with Gasteiger partial charge < -0.3 is 5.73 Å². The molecular weight excluding hydrogens is 238 g/mol. The van der Waals surface area contributed by atoms with Crippen LogP contribution in [0.5, 0.6) is 0 Å². The van der Waals surface area contributed by atoms with Gasteiger partial charge in [0.2, 0.25) is 0 Å². The maximum atomic E-state index is 5.55. The van der Waals surface area contributed by atoms with Crippen molar-refractivity contribution < 1.29 is 0 Å². The van der Waals surface area contributed by atoms with Crippen LogP contribution in [-0.2, 0) is 6.42 Å². The Morgan fingerprint density at radius 3 is 2.05 bits per heavy atom. The van der Waals surface area contributed by atoms with Crippen LogP contribution in [0.3, 0.4) is 0 Å². The van der Waals surface area contributed by atoms with Crippen molar-refractivity contribution in [1.82, 2.24) is 19.9 Å². The Balaban J connectivity index is 2.36. The maximum absolute atomic E-state index is 5.55. The van der Waals surface area contributed by atoms with E-state index in [9.17, 15) is 0 Å². The van der Waals surface area contributed by atoms with E-state index in [0.717, 1.165) is 29.8 Å². The molecular formula is C14H19N5. The van der Waals surface area contributed by atoms with Crippen molar-refractivity contribution in [3.8, 4) is 11.6 Å².